The largest absolute Gasteiger partial charge is 0.398 e. The van der Waals surface area contributed by atoms with Gasteiger partial charge in [-0.05, 0) is 25.1 Å². The lowest BCUT2D eigenvalue weighted by Crippen LogP contribution is -2.31. The van der Waals surface area contributed by atoms with Crippen LogP contribution in [0.2, 0.25) is 5.02 Å². The Morgan fingerprint density at radius 2 is 2.33 bits per heavy atom. The zero-order chi connectivity index (χ0) is 11.4. The molecule has 0 heterocycles. The van der Waals surface area contributed by atoms with E-state index >= 15 is 0 Å². The van der Waals surface area contributed by atoms with Gasteiger partial charge in [-0.3, -0.25) is 4.79 Å². The van der Waals surface area contributed by atoms with Crippen LogP contribution in [0.1, 0.15) is 17.3 Å². The molecule has 1 rings (SSSR count). The third kappa shape index (κ3) is 2.90. The summed E-state index contributed by atoms with van der Waals surface area (Å²) in [5.41, 5.74) is 6.36. The van der Waals surface area contributed by atoms with Gasteiger partial charge >= 0.3 is 0 Å². The van der Waals surface area contributed by atoms with E-state index in [0.717, 1.165) is 0 Å². The number of nitrogens with one attached hydrogen (secondary N) is 1. The van der Waals surface area contributed by atoms with Crippen LogP contribution in [0.3, 0.4) is 0 Å². The Balaban J connectivity index is 2.88. The van der Waals surface area contributed by atoms with Gasteiger partial charge < -0.3 is 11.1 Å². The Bertz CT molecular complexity index is 423. The van der Waals surface area contributed by atoms with Gasteiger partial charge in [0.25, 0.3) is 5.91 Å². The van der Waals surface area contributed by atoms with E-state index in [2.05, 4.69) is 11.2 Å². The molecule has 0 bridgehead atoms. The lowest BCUT2D eigenvalue weighted by Gasteiger charge is -2.09. The second-order valence-corrected chi connectivity index (χ2v) is 3.53. The van der Waals surface area contributed by atoms with E-state index < -0.39 is 0 Å². The first-order chi connectivity index (χ1) is 7.04. The highest BCUT2D eigenvalue weighted by molar-refractivity contribution is 6.31. The molecule has 4 heteroatoms. The summed E-state index contributed by atoms with van der Waals surface area (Å²) in [4.78, 5) is 11.6. The molecule has 1 unspecified atom stereocenters. The monoisotopic (exact) mass is 222 g/mol. The van der Waals surface area contributed by atoms with Crippen LogP contribution >= 0.6 is 11.6 Å². The highest BCUT2D eigenvalue weighted by Gasteiger charge is 2.11. The van der Waals surface area contributed by atoms with Crippen LogP contribution in [-0.2, 0) is 0 Å². The Labute approximate surface area is 93.6 Å². The van der Waals surface area contributed by atoms with Gasteiger partial charge in [0.15, 0.2) is 0 Å². The fraction of sp³-hybridized carbons (Fsp3) is 0.182. The minimum absolute atomic E-state index is 0.297. The first kappa shape index (κ1) is 11.4. The number of nitrogen functional groups attached to an aromatic ring is 1. The predicted molar refractivity (Wildman–Crippen MR) is 61.6 cm³/mol. The summed E-state index contributed by atoms with van der Waals surface area (Å²) in [5.74, 6) is 2.10. The molecule has 1 aromatic carbocycles. The number of anilines is 1. The molecule has 0 aromatic heterocycles. The van der Waals surface area contributed by atoms with Crippen LogP contribution in [-0.4, -0.2) is 11.9 Å². The van der Waals surface area contributed by atoms with Crippen molar-refractivity contribution in [3.8, 4) is 12.3 Å². The molecule has 0 radical (unpaired) electrons. The number of benzene rings is 1. The number of nitrogens with two attached hydrogens (primary N) is 1. The highest BCUT2D eigenvalue weighted by atomic mass is 35.5. The van der Waals surface area contributed by atoms with E-state index in [4.69, 9.17) is 23.8 Å². The van der Waals surface area contributed by atoms with Crippen molar-refractivity contribution >= 4 is 23.2 Å². The van der Waals surface area contributed by atoms with E-state index in [0.29, 0.717) is 16.3 Å². The molecule has 0 fully saturated rings. The SMILES string of the molecule is C#CC(C)NC(=O)c1ccc(Cl)cc1N. The van der Waals surface area contributed by atoms with Crippen LogP contribution in [0.4, 0.5) is 5.69 Å². The highest BCUT2D eigenvalue weighted by Crippen LogP contribution is 2.17. The van der Waals surface area contributed by atoms with Crippen molar-refractivity contribution in [2.45, 2.75) is 13.0 Å². The topological polar surface area (TPSA) is 55.1 Å². The number of carbonyl (C=O) groups excluding carboxylic acids is 1. The molecule has 0 aliphatic rings. The summed E-state index contributed by atoms with van der Waals surface area (Å²) < 4.78 is 0. The normalized spacial score (nSPS) is 11.5. The second-order valence-electron chi connectivity index (χ2n) is 3.09. The summed E-state index contributed by atoms with van der Waals surface area (Å²) in [7, 11) is 0. The van der Waals surface area contributed by atoms with Gasteiger partial charge in [0.1, 0.15) is 0 Å². The van der Waals surface area contributed by atoms with E-state index in [1.165, 1.54) is 6.07 Å². The molecule has 0 saturated carbocycles. The maximum absolute atomic E-state index is 11.6. The van der Waals surface area contributed by atoms with Gasteiger partial charge in [0.2, 0.25) is 0 Å². The zero-order valence-corrected chi connectivity index (χ0v) is 9.01. The van der Waals surface area contributed by atoms with Gasteiger partial charge in [-0.25, -0.2) is 0 Å². The molecule has 0 aliphatic heterocycles. The van der Waals surface area contributed by atoms with Crippen molar-refractivity contribution in [3.63, 3.8) is 0 Å². The first-order valence-electron chi connectivity index (χ1n) is 4.36. The number of rotatable bonds is 2. The molecule has 1 amide bonds. The second kappa shape index (κ2) is 4.72. The molecule has 78 valence electrons. The zero-order valence-electron chi connectivity index (χ0n) is 8.25. The van der Waals surface area contributed by atoms with Gasteiger partial charge in [-0.15, -0.1) is 6.42 Å². The van der Waals surface area contributed by atoms with Gasteiger partial charge in [0, 0.05) is 10.7 Å². The van der Waals surface area contributed by atoms with Crippen molar-refractivity contribution in [3.05, 3.63) is 28.8 Å². The van der Waals surface area contributed by atoms with E-state index in [1.54, 1.807) is 19.1 Å². The molecular formula is C11H11ClN2O. The van der Waals surface area contributed by atoms with Crippen LogP contribution < -0.4 is 11.1 Å². The van der Waals surface area contributed by atoms with Crippen LogP contribution in [0.25, 0.3) is 0 Å². The summed E-state index contributed by atoms with van der Waals surface area (Å²) in [5, 5.41) is 3.10. The summed E-state index contributed by atoms with van der Waals surface area (Å²) >= 11 is 5.71. The third-order valence-corrected chi connectivity index (χ3v) is 2.09. The standard InChI is InChI=1S/C11H11ClN2O/c1-3-7(2)14-11(15)9-5-4-8(12)6-10(9)13/h1,4-7H,13H2,2H3,(H,14,15). The Kier molecular flexibility index (Phi) is 3.59. The molecule has 15 heavy (non-hydrogen) atoms. The average molecular weight is 223 g/mol. The average Bonchev–Trinajstić information content (AvgIpc) is 2.17. The molecular weight excluding hydrogens is 212 g/mol. The number of carbonyl (C=O) groups is 1. The van der Waals surface area contributed by atoms with Crippen LogP contribution in [0.15, 0.2) is 18.2 Å². The summed E-state index contributed by atoms with van der Waals surface area (Å²) in [6.45, 7) is 1.71. The Hall–Kier alpha value is -1.66. The Morgan fingerprint density at radius 3 is 2.87 bits per heavy atom. The number of halogens is 1. The minimum Gasteiger partial charge on any atom is -0.398 e. The van der Waals surface area contributed by atoms with Crippen LogP contribution in [0, 0.1) is 12.3 Å². The predicted octanol–water partition coefficient (Wildman–Crippen LogP) is 1.67. The van der Waals surface area contributed by atoms with Gasteiger partial charge in [-0.1, -0.05) is 17.5 Å². The number of hydrogen-bond donors (Lipinski definition) is 2. The summed E-state index contributed by atoms with van der Waals surface area (Å²) in [6.07, 6.45) is 5.14. The van der Waals surface area contributed by atoms with Crippen molar-refractivity contribution in [1.82, 2.24) is 5.32 Å². The first-order valence-corrected chi connectivity index (χ1v) is 4.74. The van der Waals surface area contributed by atoms with Crippen molar-refractivity contribution < 1.29 is 4.79 Å². The maximum Gasteiger partial charge on any atom is 0.254 e. The van der Waals surface area contributed by atoms with Crippen molar-refractivity contribution in [2.75, 3.05) is 5.73 Å². The number of hydrogen-bond acceptors (Lipinski definition) is 2. The van der Waals surface area contributed by atoms with Gasteiger partial charge in [0.05, 0.1) is 11.6 Å². The summed E-state index contributed by atoms with van der Waals surface area (Å²) in [6, 6.07) is 4.37. The maximum atomic E-state index is 11.6. The molecule has 1 atom stereocenters. The molecule has 0 spiro atoms. The number of amides is 1. The molecule has 3 nitrogen and oxygen atoms in total. The molecule has 3 N–H and O–H groups in total. The van der Waals surface area contributed by atoms with Crippen molar-refractivity contribution in [2.24, 2.45) is 0 Å². The smallest absolute Gasteiger partial charge is 0.254 e. The third-order valence-electron chi connectivity index (χ3n) is 1.86. The quantitative estimate of drug-likeness (QED) is 0.591. The van der Waals surface area contributed by atoms with E-state index in [-0.39, 0.29) is 11.9 Å². The Morgan fingerprint density at radius 1 is 1.67 bits per heavy atom. The fourth-order valence-corrected chi connectivity index (χ4v) is 1.24. The van der Waals surface area contributed by atoms with E-state index in [1.807, 2.05) is 0 Å². The molecule has 1 aromatic rings. The van der Waals surface area contributed by atoms with Gasteiger partial charge in [-0.2, -0.15) is 0 Å². The molecule has 0 aliphatic carbocycles. The minimum atomic E-state index is -0.326. The molecule has 0 saturated heterocycles. The number of terminal acetylenes is 1. The fourth-order valence-electron chi connectivity index (χ4n) is 1.06. The van der Waals surface area contributed by atoms with Crippen molar-refractivity contribution in [1.29, 1.82) is 0 Å². The van der Waals surface area contributed by atoms with Crippen LogP contribution in [0.5, 0.6) is 0 Å². The lowest BCUT2D eigenvalue weighted by molar-refractivity contribution is 0.0949. The van der Waals surface area contributed by atoms with E-state index in [9.17, 15) is 4.79 Å². The lowest BCUT2D eigenvalue weighted by atomic mass is 10.1.